The van der Waals surface area contributed by atoms with Gasteiger partial charge in [0.2, 0.25) is 0 Å². The van der Waals surface area contributed by atoms with Crippen molar-refractivity contribution in [3.8, 4) is 0 Å². The van der Waals surface area contributed by atoms with Crippen LogP contribution in [0.15, 0.2) is 18.2 Å². The van der Waals surface area contributed by atoms with Crippen molar-refractivity contribution in [3.05, 3.63) is 51.9 Å². The highest BCUT2D eigenvalue weighted by Gasteiger charge is 2.12. The summed E-state index contributed by atoms with van der Waals surface area (Å²) in [6.45, 7) is 4.20. The first-order valence-corrected chi connectivity index (χ1v) is 7.10. The van der Waals surface area contributed by atoms with Crippen LogP contribution in [0.2, 0.25) is 5.02 Å². The smallest absolute Gasteiger partial charge is 0.186 e. The van der Waals surface area contributed by atoms with Crippen molar-refractivity contribution in [2.24, 2.45) is 0 Å². The maximum atomic E-state index is 13.9. The fourth-order valence-corrected chi connectivity index (χ4v) is 2.13. The van der Waals surface area contributed by atoms with Crippen molar-refractivity contribution in [2.45, 2.75) is 26.7 Å². The van der Waals surface area contributed by atoms with Crippen LogP contribution in [0.25, 0.3) is 0 Å². The Hall–Kier alpha value is -1.75. The Morgan fingerprint density at radius 2 is 2.00 bits per heavy atom. The molecule has 0 fully saturated rings. The van der Waals surface area contributed by atoms with Crippen molar-refractivity contribution >= 4 is 17.4 Å². The van der Waals surface area contributed by atoms with Gasteiger partial charge in [0, 0.05) is 18.0 Å². The molecule has 0 bridgehead atoms. The Kier molecular flexibility index (Phi) is 5.07. The summed E-state index contributed by atoms with van der Waals surface area (Å²) in [5.74, 6) is -0.207. The molecule has 0 unspecified atom stereocenters. The number of rotatable bonds is 5. The van der Waals surface area contributed by atoms with Crippen LogP contribution >= 0.6 is 11.6 Å². The van der Waals surface area contributed by atoms with Crippen LogP contribution in [0.3, 0.4) is 0 Å². The van der Waals surface area contributed by atoms with Crippen molar-refractivity contribution < 1.29 is 8.78 Å². The van der Waals surface area contributed by atoms with E-state index in [1.807, 2.05) is 6.92 Å². The van der Waals surface area contributed by atoms with Gasteiger partial charge in [-0.25, -0.2) is 18.7 Å². The molecular formula is C15H16ClF2N3. The van der Waals surface area contributed by atoms with E-state index in [0.29, 0.717) is 29.4 Å². The van der Waals surface area contributed by atoms with Crippen molar-refractivity contribution in [2.75, 3.05) is 11.9 Å². The third-order valence-electron chi connectivity index (χ3n) is 2.97. The molecule has 0 amide bonds. The number of nitrogens with one attached hydrogen (secondary N) is 1. The third kappa shape index (κ3) is 3.88. The summed E-state index contributed by atoms with van der Waals surface area (Å²) >= 11 is 5.99. The largest absolute Gasteiger partial charge is 0.368 e. The van der Waals surface area contributed by atoms with E-state index in [-0.39, 0.29) is 11.5 Å². The standard InChI is InChI=1S/C15H16ClF2N3/c1-3-6-19-15-14(18)9(2)20-13(21-15)7-10-4-5-11(17)8-12(10)16/h4-5,8H,3,6-7H2,1-2H3,(H,19,20,21). The quantitative estimate of drug-likeness (QED) is 0.902. The molecule has 112 valence electrons. The van der Waals surface area contributed by atoms with Crippen LogP contribution < -0.4 is 5.32 Å². The van der Waals surface area contributed by atoms with Gasteiger partial charge < -0.3 is 5.32 Å². The lowest BCUT2D eigenvalue weighted by molar-refractivity contribution is 0.600. The Labute approximate surface area is 127 Å². The monoisotopic (exact) mass is 311 g/mol. The number of aryl methyl sites for hydroxylation is 1. The van der Waals surface area contributed by atoms with Gasteiger partial charge in [-0.05, 0) is 31.0 Å². The van der Waals surface area contributed by atoms with E-state index in [1.54, 1.807) is 13.0 Å². The molecular weight excluding hydrogens is 296 g/mol. The molecule has 0 aliphatic carbocycles. The lowest BCUT2D eigenvalue weighted by Crippen LogP contribution is -2.10. The Morgan fingerprint density at radius 1 is 1.24 bits per heavy atom. The molecule has 0 atom stereocenters. The normalized spacial score (nSPS) is 10.7. The average molecular weight is 312 g/mol. The van der Waals surface area contributed by atoms with E-state index in [9.17, 15) is 8.78 Å². The van der Waals surface area contributed by atoms with Gasteiger partial charge in [-0.3, -0.25) is 0 Å². The van der Waals surface area contributed by atoms with E-state index >= 15 is 0 Å². The van der Waals surface area contributed by atoms with Gasteiger partial charge in [0.1, 0.15) is 11.6 Å². The lowest BCUT2D eigenvalue weighted by Gasteiger charge is -2.10. The summed E-state index contributed by atoms with van der Waals surface area (Å²) in [7, 11) is 0. The second kappa shape index (κ2) is 6.80. The van der Waals surface area contributed by atoms with Gasteiger partial charge in [0.25, 0.3) is 0 Å². The number of nitrogens with zero attached hydrogens (tertiary/aromatic N) is 2. The molecule has 6 heteroatoms. The minimum Gasteiger partial charge on any atom is -0.368 e. The van der Waals surface area contributed by atoms with Crippen molar-refractivity contribution in [1.82, 2.24) is 9.97 Å². The summed E-state index contributed by atoms with van der Waals surface area (Å²) in [6, 6.07) is 4.15. The van der Waals surface area contributed by atoms with Gasteiger partial charge in [-0.1, -0.05) is 24.6 Å². The van der Waals surface area contributed by atoms with E-state index in [0.717, 1.165) is 6.42 Å². The van der Waals surface area contributed by atoms with Crippen molar-refractivity contribution in [3.63, 3.8) is 0 Å². The first-order chi connectivity index (χ1) is 10.0. The van der Waals surface area contributed by atoms with Crippen LogP contribution in [0.5, 0.6) is 0 Å². The summed E-state index contributed by atoms with van der Waals surface area (Å²) in [6.07, 6.45) is 1.18. The molecule has 2 aromatic rings. The number of hydrogen-bond donors (Lipinski definition) is 1. The number of hydrogen-bond acceptors (Lipinski definition) is 3. The molecule has 2 rings (SSSR count). The zero-order valence-corrected chi connectivity index (χ0v) is 12.6. The topological polar surface area (TPSA) is 37.8 Å². The SMILES string of the molecule is CCCNc1nc(Cc2ccc(F)cc2Cl)nc(C)c1F. The number of anilines is 1. The molecule has 1 N–H and O–H groups in total. The first kappa shape index (κ1) is 15.6. The van der Waals surface area contributed by atoms with Gasteiger partial charge >= 0.3 is 0 Å². The number of halogens is 3. The molecule has 0 aliphatic heterocycles. The highest BCUT2D eigenvalue weighted by atomic mass is 35.5. The van der Waals surface area contributed by atoms with Crippen LogP contribution in [0, 0.1) is 18.6 Å². The molecule has 3 nitrogen and oxygen atoms in total. The van der Waals surface area contributed by atoms with Crippen LogP contribution in [-0.4, -0.2) is 16.5 Å². The average Bonchev–Trinajstić information content (AvgIpc) is 2.44. The fraction of sp³-hybridized carbons (Fsp3) is 0.333. The fourth-order valence-electron chi connectivity index (χ4n) is 1.89. The maximum Gasteiger partial charge on any atom is 0.186 e. The van der Waals surface area contributed by atoms with Gasteiger partial charge in [0.05, 0.1) is 5.69 Å². The minimum absolute atomic E-state index is 0.192. The summed E-state index contributed by atoms with van der Waals surface area (Å²) in [5, 5.41) is 3.24. The third-order valence-corrected chi connectivity index (χ3v) is 3.32. The zero-order valence-electron chi connectivity index (χ0n) is 11.9. The Bertz CT molecular complexity index is 647. The molecule has 1 heterocycles. The molecule has 0 aliphatic rings. The van der Waals surface area contributed by atoms with Crippen molar-refractivity contribution in [1.29, 1.82) is 0 Å². The van der Waals surface area contributed by atoms with Crippen LogP contribution in [0.4, 0.5) is 14.6 Å². The maximum absolute atomic E-state index is 13.9. The summed E-state index contributed by atoms with van der Waals surface area (Å²) in [5.41, 5.74) is 0.974. The predicted octanol–water partition coefficient (Wildman–Crippen LogP) is 4.13. The molecule has 0 spiro atoms. The van der Waals surface area contributed by atoms with E-state index in [2.05, 4.69) is 15.3 Å². The molecule has 1 aromatic heterocycles. The lowest BCUT2D eigenvalue weighted by atomic mass is 10.1. The molecule has 21 heavy (non-hydrogen) atoms. The number of aromatic nitrogens is 2. The molecule has 1 aromatic carbocycles. The summed E-state index contributed by atoms with van der Waals surface area (Å²) in [4.78, 5) is 8.30. The molecule has 0 radical (unpaired) electrons. The highest BCUT2D eigenvalue weighted by molar-refractivity contribution is 6.31. The number of benzene rings is 1. The highest BCUT2D eigenvalue weighted by Crippen LogP contribution is 2.21. The molecule has 0 saturated heterocycles. The second-order valence-electron chi connectivity index (χ2n) is 4.73. The van der Waals surface area contributed by atoms with E-state index in [1.165, 1.54) is 12.1 Å². The van der Waals surface area contributed by atoms with Gasteiger partial charge in [0.15, 0.2) is 11.6 Å². The Balaban J connectivity index is 2.29. The second-order valence-corrected chi connectivity index (χ2v) is 5.13. The summed E-state index contributed by atoms with van der Waals surface area (Å²) < 4.78 is 26.9. The first-order valence-electron chi connectivity index (χ1n) is 6.72. The zero-order chi connectivity index (χ0) is 15.4. The van der Waals surface area contributed by atoms with Gasteiger partial charge in [-0.2, -0.15) is 0 Å². The van der Waals surface area contributed by atoms with Crippen LogP contribution in [-0.2, 0) is 6.42 Å². The van der Waals surface area contributed by atoms with Gasteiger partial charge in [-0.15, -0.1) is 0 Å². The van der Waals surface area contributed by atoms with Crippen LogP contribution in [0.1, 0.15) is 30.4 Å². The Morgan fingerprint density at radius 3 is 2.67 bits per heavy atom. The minimum atomic E-state index is -0.447. The van der Waals surface area contributed by atoms with E-state index < -0.39 is 11.6 Å². The molecule has 0 saturated carbocycles. The predicted molar refractivity (Wildman–Crippen MR) is 79.7 cm³/mol. The van der Waals surface area contributed by atoms with E-state index in [4.69, 9.17) is 11.6 Å².